The first kappa shape index (κ1) is 18.0. The Labute approximate surface area is 149 Å². The molecule has 0 bridgehead atoms. The minimum absolute atomic E-state index is 0.107. The molecule has 1 unspecified atom stereocenters. The number of amides is 2. The number of piperidine rings is 1. The van der Waals surface area contributed by atoms with E-state index in [4.69, 9.17) is 0 Å². The van der Waals surface area contributed by atoms with Gasteiger partial charge in [-0.05, 0) is 44.7 Å². The molecule has 0 spiro atoms. The fourth-order valence-corrected chi connectivity index (χ4v) is 3.95. The highest BCUT2D eigenvalue weighted by molar-refractivity contribution is 5.94. The van der Waals surface area contributed by atoms with Gasteiger partial charge in [0, 0.05) is 51.0 Å². The van der Waals surface area contributed by atoms with Crippen LogP contribution in [0.3, 0.4) is 0 Å². The number of aromatic nitrogens is 1. The van der Waals surface area contributed by atoms with Crippen LogP contribution < -0.4 is 5.32 Å². The third-order valence-corrected chi connectivity index (χ3v) is 5.35. The summed E-state index contributed by atoms with van der Waals surface area (Å²) in [6.07, 6.45) is 10.5. The zero-order valence-electron chi connectivity index (χ0n) is 15.0. The second-order valence-corrected chi connectivity index (χ2v) is 7.19. The monoisotopic (exact) mass is 346 g/mol. The minimum Gasteiger partial charge on any atom is -0.367 e. The normalized spacial score (nSPS) is 24.4. The molecule has 138 valence electrons. The van der Waals surface area contributed by atoms with Gasteiger partial charge in [0.15, 0.2) is 0 Å². The van der Waals surface area contributed by atoms with Gasteiger partial charge in [-0.2, -0.15) is 0 Å². The molecule has 0 aliphatic carbocycles. The van der Waals surface area contributed by atoms with Crippen LogP contribution in [0, 0.1) is 0 Å². The summed E-state index contributed by atoms with van der Waals surface area (Å²) in [6, 6.07) is 2.20. The number of nitrogens with zero attached hydrogens (tertiary/aromatic N) is 2. The van der Waals surface area contributed by atoms with Crippen molar-refractivity contribution in [3.05, 3.63) is 24.0 Å². The predicted octanol–water partition coefficient (Wildman–Crippen LogP) is 2.00. The Balaban J connectivity index is 1.64. The number of hydrogen-bond acceptors (Lipinski definition) is 3. The highest BCUT2D eigenvalue weighted by Crippen LogP contribution is 2.20. The second-order valence-electron chi connectivity index (χ2n) is 7.19. The molecule has 2 aliphatic heterocycles. The molecule has 2 aliphatic rings. The van der Waals surface area contributed by atoms with E-state index in [2.05, 4.69) is 15.2 Å². The smallest absolute Gasteiger partial charge is 0.255 e. The van der Waals surface area contributed by atoms with Crippen molar-refractivity contribution in [2.45, 2.75) is 51.0 Å². The van der Waals surface area contributed by atoms with E-state index >= 15 is 0 Å². The molecule has 0 radical (unpaired) electrons. The number of nitrogens with one attached hydrogen (secondary N) is 2. The molecule has 1 aromatic heterocycles. The maximum atomic E-state index is 12.7. The highest BCUT2D eigenvalue weighted by Gasteiger charge is 2.25. The van der Waals surface area contributed by atoms with E-state index in [1.807, 2.05) is 11.0 Å². The largest absolute Gasteiger partial charge is 0.367 e. The Morgan fingerprint density at radius 2 is 1.84 bits per heavy atom. The van der Waals surface area contributed by atoms with E-state index in [1.54, 1.807) is 12.4 Å². The number of carbonyl (C=O) groups excluding carboxylic acids is 2. The zero-order valence-corrected chi connectivity index (χ0v) is 15.0. The van der Waals surface area contributed by atoms with Gasteiger partial charge in [-0.3, -0.25) is 14.5 Å². The van der Waals surface area contributed by atoms with Crippen LogP contribution >= 0.6 is 0 Å². The standard InChI is InChI=1S/C19H30N4O2/c24-18-14-17-6-1-3-10-22(17)12-5-13-23(11-4-2-8-21-18)19(25)16-7-9-20-15-16/h7,9,15,17,20H,1-6,8,10-14H2,(H,21,24). The summed E-state index contributed by atoms with van der Waals surface area (Å²) >= 11 is 0. The summed E-state index contributed by atoms with van der Waals surface area (Å²) in [5.74, 6) is 0.284. The third-order valence-electron chi connectivity index (χ3n) is 5.35. The Hall–Kier alpha value is -1.82. The maximum absolute atomic E-state index is 12.7. The minimum atomic E-state index is 0.107. The van der Waals surface area contributed by atoms with E-state index in [0.29, 0.717) is 19.0 Å². The molecular weight excluding hydrogens is 316 g/mol. The molecule has 3 rings (SSSR count). The van der Waals surface area contributed by atoms with E-state index in [9.17, 15) is 9.59 Å². The van der Waals surface area contributed by atoms with Crippen LogP contribution in [-0.4, -0.2) is 65.4 Å². The predicted molar refractivity (Wildman–Crippen MR) is 97.4 cm³/mol. The first-order valence-corrected chi connectivity index (χ1v) is 9.67. The lowest BCUT2D eigenvalue weighted by molar-refractivity contribution is -0.122. The number of H-pyrrole nitrogens is 1. The van der Waals surface area contributed by atoms with Crippen LogP contribution in [0.4, 0.5) is 0 Å². The molecule has 2 saturated heterocycles. The summed E-state index contributed by atoms with van der Waals surface area (Å²) < 4.78 is 0. The fourth-order valence-electron chi connectivity index (χ4n) is 3.95. The first-order valence-electron chi connectivity index (χ1n) is 9.67. The molecule has 1 atom stereocenters. The Bertz CT molecular complexity index is 558. The van der Waals surface area contributed by atoms with Crippen LogP contribution in [0.5, 0.6) is 0 Å². The molecule has 6 heteroatoms. The van der Waals surface area contributed by atoms with Crippen LogP contribution in [0.2, 0.25) is 0 Å². The van der Waals surface area contributed by atoms with Gasteiger partial charge >= 0.3 is 0 Å². The molecule has 1 aromatic rings. The lowest BCUT2D eigenvalue weighted by atomic mass is 9.98. The molecule has 0 aromatic carbocycles. The molecule has 25 heavy (non-hydrogen) atoms. The Morgan fingerprint density at radius 3 is 2.68 bits per heavy atom. The molecule has 3 heterocycles. The third kappa shape index (κ3) is 5.08. The van der Waals surface area contributed by atoms with E-state index in [0.717, 1.165) is 57.4 Å². The van der Waals surface area contributed by atoms with Crippen LogP contribution in [0.15, 0.2) is 18.5 Å². The summed E-state index contributed by atoms with van der Waals surface area (Å²) in [7, 11) is 0. The number of carbonyl (C=O) groups is 2. The molecule has 2 amide bonds. The SMILES string of the molecule is O=C1CC2CCCCN2CCCN(C(=O)c2cc[nH]c2)CCCCN1. The van der Waals surface area contributed by atoms with Gasteiger partial charge in [0.25, 0.3) is 5.91 Å². The van der Waals surface area contributed by atoms with Crippen molar-refractivity contribution < 1.29 is 9.59 Å². The summed E-state index contributed by atoms with van der Waals surface area (Å²) in [4.78, 5) is 32.3. The van der Waals surface area contributed by atoms with Gasteiger partial charge in [-0.15, -0.1) is 0 Å². The molecule has 6 nitrogen and oxygen atoms in total. The Kier molecular flexibility index (Phi) is 6.50. The van der Waals surface area contributed by atoms with Crippen molar-refractivity contribution >= 4 is 11.8 Å². The molecule has 2 N–H and O–H groups in total. The van der Waals surface area contributed by atoms with Crippen molar-refractivity contribution in [1.29, 1.82) is 0 Å². The van der Waals surface area contributed by atoms with Crippen molar-refractivity contribution in [3.8, 4) is 0 Å². The quantitative estimate of drug-likeness (QED) is 0.817. The van der Waals surface area contributed by atoms with Gasteiger partial charge in [0.1, 0.15) is 0 Å². The van der Waals surface area contributed by atoms with Crippen LogP contribution in [-0.2, 0) is 4.79 Å². The number of rotatable bonds is 1. The van der Waals surface area contributed by atoms with Gasteiger partial charge in [0.2, 0.25) is 5.91 Å². The fraction of sp³-hybridized carbons (Fsp3) is 0.684. The lowest BCUT2D eigenvalue weighted by Crippen LogP contribution is -2.44. The van der Waals surface area contributed by atoms with Crippen molar-refractivity contribution in [1.82, 2.24) is 20.1 Å². The van der Waals surface area contributed by atoms with Gasteiger partial charge in [-0.25, -0.2) is 0 Å². The summed E-state index contributed by atoms with van der Waals surface area (Å²) in [5, 5.41) is 3.05. The van der Waals surface area contributed by atoms with E-state index in [1.165, 1.54) is 12.8 Å². The van der Waals surface area contributed by atoms with Crippen molar-refractivity contribution in [3.63, 3.8) is 0 Å². The average Bonchev–Trinajstić information content (AvgIpc) is 3.15. The van der Waals surface area contributed by atoms with Crippen LogP contribution in [0.1, 0.15) is 55.3 Å². The molecular formula is C19H30N4O2. The second kappa shape index (κ2) is 9.04. The summed E-state index contributed by atoms with van der Waals surface area (Å²) in [5.41, 5.74) is 0.730. The molecule has 2 fully saturated rings. The van der Waals surface area contributed by atoms with E-state index < -0.39 is 0 Å². The zero-order chi connectivity index (χ0) is 17.5. The number of fused-ring (bicyclic) bond motifs is 1. The van der Waals surface area contributed by atoms with Crippen LogP contribution in [0.25, 0.3) is 0 Å². The topological polar surface area (TPSA) is 68.4 Å². The van der Waals surface area contributed by atoms with Gasteiger partial charge < -0.3 is 15.2 Å². The number of aromatic amines is 1. The number of hydrogen-bond donors (Lipinski definition) is 2. The first-order chi connectivity index (χ1) is 12.2. The summed E-state index contributed by atoms with van der Waals surface area (Å²) in [6.45, 7) is 4.29. The van der Waals surface area contributed by atoms with E-state index in [-0.39, 0.29) is 11.8 Å². The highest BCUT2D eigenvalue weighted by atomic mass is 16.2. The van der Waals surface area contributed by atoms with Gasteiger partial charge in [-0.1, -0.05) is 6.42 Å². The van der Waals surface area contributed by atoms with Crippen molar-refractivity contribution in [2.75, 3.05) is 32.7 Å². The molecule has 0 saturated carbocycles. The average molecular weight is 346 g/mol. The maximum Gasteiger partial charge on any atom is 0.255 e. The van der Waals surface area contributed by atoms with Crippen molar-refractivity contribution in [2.24, 2.45) is 0 Å². The van der Waals surface area contributed by atoms with Gasteiger partial charge in [0.05, 0.1) is 5.56 Å². The lowest BCUT2D eigenvalue weighted by Gasteiger charge is -2.35. The Morgan fingerprint density at radius 1 is 1.04 bits per heavy atom.